The molecule has 1 amide bonds. The van der Waals surface area contributed by atoms with Gasteiger partial charge in [0.05, 0.1) is 11.3 Å². The highest BCUT2D eigenvalue weighted by Crippen LogP contribution is 2.22. The highest BCUT2D eigenvalue weighted by Gasteiger charge is 2.16. The van der Waals surface area contributed by atoms with Crippen molar-refractivity contribution in [1.29, 1.82) is 0 Å². The van der Waals surface area contributed by atoms with Crippen LogP contribution in [0.4, 0.5) is 0 Å². The first kappa shape index (κ1) is 14.3. The molecule has 22 heavy (non-hydrogen) atoms. The van der Waals surface area contributed by atoms with Gasteiger partial charge in [0.1, 0.15) is 5.75 Å². The van der Waals surface area contributed by atoms with Gasteiger partial charge in [-0.15, -0.1) is 0 Å². The molecule has 0 saturated carbocycles. The van der Waals surface area contributed by atoms with E-state index < -0.39 is 5.91 Å². The van der Waals surface area contributed by atoms with Crippen molar-refractivity contribution in [3.05, 3.63) is 64.7 Å². The van der Waals surface area contributed by atoms with Crippen molar-refractivity contribution in [3.63, 3.8) is 0 Å². The summed E-state index contributed by atoms with van der Waals surface area (Å²) in [6, 6.07) is 13.2. The molecule has 0 atom stereocenters. The first-order valence-corrected chi connectivity index (χ1v) is 7.40. The Hall–Kier alpha value is -2.62. The fourth-order valence-corrected chi connectivity index (χ4v) is 2.74. The van der Waals surface area contributed by atoms with Crippen LogP contribution < -0.4 is 5.43 Å². The van der Waals surface area contributed by atoms with Crippen LogP contribution in [-0.4, -0.2) is 16.7 Å². The van der Waals surface area contributed by atoms with Crippen molar-refractivity contribution in [2.45, 2.75) is 26.2 Å². The van der Waals surface area contributed by atoms with E-state index in [0.717, 1.165) is 30.5 Å². The van der Waals surface area contributed by atoms with E-state index in [9.17, 15) is 9.90 Å². The standard InChI is InChI=1S/C18H18N2O2/c1-12-6-4-10-15(17(12)21)18(22)20-19-16-11-5-8-13-7-2-3-9-14(13)16/h2-4,6-7,9-10,21H,5,8,11H2,1H3,(H,20,22). The second-order valence-corrected chi connectivity index (χ2v) is 5.48. The zero-order valence-electron chi connectivity index (χ0n) is 12.5. The zero-order chi connectivity index (χ0) is 15.5. The van der Waals surface area contributed by atoms with Crippen molar-refractivity contribution < 1.29 is 9.90 Å². The lowest BCUT2D eigenvalue weighted by atomic mass is 9.90. The molecule has 2 aromatic rings. The molecule has 0 heterocycles. The number of nitrogens with zero attached hydrogens (tertiary/aromatic N) is 1. The number of carbonyl (C=O) groups is 1. The molecule has 0 saturated heterocycles. The fraction of sp³-hybridized carbons (Fsp3) is 0.222. The van der Waals surface area contributed by atoms with E-state index >= 15 is 0 Å². The van der Waals surface area contributed by atoms with Crippen LogP contribution in [0, 0.1) is 6.92 Å². The third-order valence-electron chi connectivity index (χ3n) is 3.96. The van der Waals surface area contributed by atoms with Crippen molar-refractivity contribution in [2.75, 3.05) is 0 Å². The number of phenols is 1. The summed E-state index contributed by atoms with van der Waals surface area (Å²) >= 11 is 0. The molecule has 0 fully saturated rings. The number of aryl methyl sites for hydroxylation is 2. The van der Waals surface area contributed by atoms with Gasteiger partial charge in [-0.3, -0.25) is 4.79 Å². The van der Waals surface area contributed by atoms with Crippen LogP contribution in [0.15, 0.2) is 47.6 Å². The monoisotopic (exact) mass is 294 g/mol. The van der Waals surface area contributed by atoms with E-state index in [1.807, 2.05) is 18.2 Å². The molecule has 0 radical (unpaired) electrons. The van der Waals surface area contributed by atoms with E-state index in [-0.39, 0.29) is 11.3 Å². The average Bonchev–Trinajstić information content (AvgIpc) is 2.55. The Bertz CT molecular complexity index is 751. The minimum Gasteiger partial charge on any atom is -0.507 e. The summed E-state index contributed by atoms with van der Waals surface area (Å²) in [7, 11) is 0. The molecule has 4 nitrogen and oxygen atoms in total. The number of fused-ring (bicyclic) bond motifs is 1. The lowest BCUT2D eigenvalue weighted by molar-refractivity contribution is 0.0952. The molecular weight excluding hydrogens is 276 g/mol. The summed E-state index contributed by atoms with van der Waals surface area (Å²) < 4.78 is 0. The number of hydrogen-bond donors (Lipinski definition) is 2. The van der Waals surface area contributed by atoms with Crippen molar-refractivity contribution >= 4 is 11.6 Å². The lowest BCUT2D eigenvalue weighted by Gasteiger charge is -2.17. The molecule has 0 spiro atoms. The van der Waals surface area contributed by atoms with Crippen LogP contribution in [-0.2, 0) is 6.42 Å². The summed E-state index contributed by atoms with van der Waals surface area (Å²) in [6.45, 7) is 1.76. The summed E-state index contributed by atoms with van der Waals surface area (Å²) in [4.78, 5) is 12.2. The second kappa shape index (κ2) is 6.02. The van der Waals surface area contributed by atoms with Crippen LogP contribution in [0.3, 0.4) is 0 Å². The Labute approximate surface area is 129 Å². The number of hydrogen-bond acceptors (Lipinski definition) is 3. The van der Waals surface area contributed by atoms with Gasteiger partial charge >= 0.3 is 0 Å². The Kier molecular flexibility index (Phi) is 3.92. The van der Waals surface area contributed by atoms with Gasteiger partial charge in [-0.25, -0.2) is 5.43 Å². The number of benzene rings is 2. The summed E-state index contributed by atoms with van der Waals surface area (Å²) in [5, 5.41) is 14.2. The van der Waals surface area contributed by atoms with Gasteiger partial charge in [-0.05, 0) is 43.4 Å². The van der Waals surface area contributed by atoms with Gasteiger partial charge in [0.25, 0.3) is 5.91 Å². The first-order chi connectivity index (χ1) is 10.7. The topological polar surface area (TPSA) is 61.7 Å². The van der Waals surface area contributed by atoms with E-state index in [1.165, 1.54) is 5.56 Å². The number of rotatable bonds is 2. The number of aromatic hydroxyl groups is 1. The molecule has 2 N–H and O–H groups in total. The third-order valence-corrected chi connectivity index (χ3v) is 3.96. The molecule has 3 rings (SSSR count). The Morgan fingerprint density at radius 3 is 2.82 bits per heavy atom. The molecule has 0 unspecified atom stereocenters. The number of carbonyl (C=O) groups excluding carboxylic acids is 1. The predicted molar refractivity (Wildman–Crippen MR) is 86.2 cm³/mol. The quantitative estimate of drug-likeness (QED) is 0.836. The smallest absolute Gasteiger partial charge is 0.275 e. The average molecular weight is 294 g/mol. The van der Waals surface area contributed by atoms with Gasteiger partial charge in [-0.1, -0.05) is 36.4 Å². The van der Waals surface area contributed by atoms with Gasteiger partial charge in [0, 0.05) is 5.56 Å². The predicted octanol–water partition coefficient (Wildman–Crippen LogP) is 3.17. The molecule has 0 aromatic heterocycles. The van der Waals surface area contributed by atoms with Crippen molar-refractivity contribution in [1.82, 2.24) is 5.43 Å². The Balaban J connectivity index is 1.83. The maximum absolute atomic E-state index is 12.2. The Morgan fingerprint density at radius 2 is 1.95 bits per heavy atom. The van der Waals surface area contributed by atoms with Gasteiger partial charge in [-0.2, -0.15) is 5.10 Å². The van der Waals surface area contributed by atoms with Gasteiger partial charge < -0.3 is 5.11 Å². The first-order valence-electron chi connectivity index (χ1n) is 7.40. The highest BCUT2D eigenvalue weighted by molar-refractivity contribution is 6.04. The normalized spacial score (nSPS) is 15.4. The number of phenolic OH excluding ortho intramolecular Hbond substituents is 1. The number of hydrazone groups is 1. The van der Waals surface area contributed by atoms with Crippen LogP contribution in [0.1, 0.15) is 39.9 Å². The van der Waals surface area contributed by atoms with Crippen molar-refractivity contribution in [2.24, 2.45) is 5.10 Å². The summed E-state index contributed by atoms with van der Waals surface area (Å²) in [5.41, 5.74) is 6.73. The SMILES string of the molecule is Cc1cccc(C(=O)NN=C2CCCc3ccccc32)c1O. The minimum atomic E-state index is -0.392. The van der Waals surface area contributed by atoms with Crippen molar-refractivity contribution in [3.8, 4) is 5.75 Å². The zero-order valence-corrected chi connectivity index (χ0v) is 12.5. The molecular formula is C18H18N2O2. The second-order valence-electron chi connectivity index (χ2n) is 5.48. The van der Waals surface area contributed by atoms with Crippen LogP contribution >= 0.6 is 0 Å². The molecule has 1 aliphatic rings. The maximum Gasteiger partial charge on any atom is 0.275 e. The molecule has 0 bridgehead atoms. The van der Waals surface area contributed by atoms with E-state index in [4.69, 9.17) is 0 Å². The third kappa shape index (κ3) is 2.72. The van der Waals surface area contributed by atoms with Gasteiger partial charge in [0.15, 0.2) is 0 Å². The fourth-order valence-electron chi connectivity index (χ4n) is 2.74. The van der Waals surface area contributed by atoms with Gasteiger partial charge in [0.2, 0.25) is 0 Å². The maximum atomic E-state index is 12.2. The van der Waals surface area contributed by atoms with Crippen LogP contribution in [0.2, 0.25) is 0 Å². The largest absolute Gasteiger partial charge is 0.507 e. The number of amides is 1. The van der Waals surface area contributed by atoms with E-state index in [2.05, 4.69) is 16.6 Å². The van der Waals surface area contributed by atoms with E-state index in [0.29, 0.717) is 5.56 Å². The van der Waals surface area contributed by atoms with E-state index in [1.54, 1.807) is 25.1 Å². The molecule has 0 aliphatic heterocycles. The minimum absolute atomic E-state index is 0.00393. The summed E-state index contributed by atoms with van der Waals surface area (Å²) in [5.74, 6) is -0.388. The molecule has 4 heteroatoms. The number of para-hydroxylation sites is 1. The molecule has 1 aliphatic carbocycles. The highest BCUT2D eigenvalue weighted by atomic mass is 16.3. The molecule has 2 aromatic carbocycles. The summed E-state index contributed by atoms with van der Waals surface area (Å²) in [6.07, 6.45) is 2.92. The lowest BCUT2D eigenvalue weighted by Crippen LogP contribution is -2.22. The number of nitrogens with one attached hydrogen (secondary N) is 1. The Morgan fingerprint density at radius 1 is 1.14 bits per heavy atom. The van der Waals surface area contributed by atoms with Crippen LogP contribution in [0.5, 0.6) is 5.75 Å². The van der Waals surface area contributed by atoms with Crippen LogP contribution in [0.25, 0.3) is 0 Å². The molecule has 112 valence electrons.